The Balaban J connectivity index is 0.000000230. The van der Waals surface area contributed by atoms with Crippen LogP contribution in [-0.2, 0) is 59.0 Å². The molecule has 0 aliphatic carbocycles. The molecule has 2 aliphatic heterocycles. The van der Waals surface area contributed by atoms with Crippen molar-refractivity contribution < 1.29 is 89.4 Å². The average Bonchev–Trinajstić information content (AvgIpc) is 3.71. The second kappa shape index (κ2) is 14.6. The molecule has 10 nitrogen and oxygen atoms in total. The Hall–Kier alpha value is -3.37. The van der Waals surface area contributed by atoms with Gasteiger partial charge in [-0.3, -0.25) is 0 Å². The van der Waals surface area contributed by atoms with Gasteiger partial charge in [-0.2, -0.15) is 0 Å². The fourth-order valence-electron chi connectivity index (χ4n) is 4.61. The summed E-state index contributed by atoms with van der Waals surface area (Å²) in [7, 11) is -7.24. The zero-order valence-corrected chi connectivity index (χ0v) is 32.7. The summed E-state index contributed by atoms with van der Waals surface area (Å²) >= 11 is 0. The van der Waals surface area contributed by atoms with Crippen LogP contribution in [0.15, 0.2) is 116 Å². The third kappa shape index (κ3) is 7.12. The average molecular weight is 796 g/mol. The summed E-state index contributed by atoms with van der Waals surface area (Å²) in [6, 6.07) is 28.1. The molecule has 0 atom stereocenters. The van der Waals surface area contributed by atoms with E-state index in [2.05, 4.69) is 19.4 Å². The molecule has 0 fully saturated rings. The molecule has 0 N–H and O–H groups in total. The molecular formula is C30H18Cl2N4O6S2Zn2. The minimum Gasteiger partial charge on any atom is -1.00 e. The van der Waals surface area contributed by atoms with Gasteiger partial charge in [0.1, 0.15) is 31.1 Å². The zero-order chi connectivity index (χ0) is 28.9. The molecule has 0 bridgehead atoms. The molecule has 4 heterocycles. The fourth-order valence-corrected chi connectivity index (χ4v) is 7.03. The quantitative estimate of drug-likeness (QED) is 0.234. The molecule has 0 amide bonds. The minimum atomic E-state index is -3.62. The van der Waals surface area contributed by atoms with Gasteiger partial charge in [-0.25, -0.2) is 26.8 Å². The van der Waals surface area contributed by atoms with Crippen LogP contribution in [0.3, 0.4) is 0 Å². The predicted molar refractivity (Wildman–Crippen MR) is 158 cm³/mol. The molecule has 46 heavy (non-hydrogen) atoms. The minimum absolute atomic E-state index is 0. The largest absolute Gasteiger partial charge is 2.00 e. The van der Waals surface area contributed by atoms with E-state index >= 15 is 0 Å². The molecule has 0 spiro atoms. The Labute approximate surface area is 302 Å². The van der Waals surface area contributed by atoms with Crippen molar-refractivity contribution in [1.82, 2.24) is 9.97 Å². The molecule has 8 rings (SSSR count). The number of benzene rings is 4. The monoisotopic (exact) mass is 792 g/mol. The number of fused-ring (bicyclic) bond motifs is 4. The van der Waals surface area contributed by atoms with Crippen molar-refractivity contribution in [3.05, 3.63) is 129 Å². The van der Waals surface area contributed by atoms with Gasteiger partial charge < -0.3 is 43.1 Å². The van der Waals surface area contributed by atoms with Crippen LogP contribution in [0.25, 0.3) is 55.2 Å². The van der Waals surface area contributed by atoms with E-state index in [0.717, 1.165) is 11.0 Å². The Morgan fingerprint density at radius 2 is 0.870 bits per heavy atom. The van der Waals surface area contributed by atoms with E-state index in [1.165, 1.54) is 0 Å². The van der Waals surface area contributed by atoms with Crippen LogP contribution in [0.2, 0.25) is 0 Å². The van der Waals surface area contributed by atoms with Crippen LogP contribution < -0.4 is 24.8 Å². The topological polar surface area (TPSA) is 149 Å². The Kier molecular flexibility index (Phi) is 11.8. The second-order valence-electron chi connectivity index (χ2n) is 9.22. The van der Waals surface area contributed by atoms with E-state index in [4.69, 9.17) is 8.83 Å². The first kappa shape index (κ1) is 37.1. The van der Waals surface area contributed by atoms with Gasteiger partial charge in [-0.15, -0.1) is 11.4 Å². The van der Waals surface area contributed by atoms with Crippen LogP contribution in [0, 0.1) is 0 Å². The van der Waals surface area contributed by atoms with Crippen molar-refractivity contribution in [3.8, 4) is 0 Å². The second-order valence-corrected chi connectivity index (χ2v) is 12.4. The Morgan fingerprint density at radius 1 is 0.522 bits per heavy atom. The summed E-state index contributed by atoms with van der Waals surface area (Å²) in [4.78, 5) is 9.03. The molecule has 16 heteroatoms. The van der Waals surface area contributed by atoms with E-state index in [1.807, 2.05) is 36.4 Å². The summed E-state index contributed by atoms with van der Waals surface area (Å²) in [6.07, 6.45) is 3.09. The molecule has 0 saturated carbocycles. The van der Waals surface area contributed by atoms with Gasteiger partial charge in [0.2, 0.25) is 11.8 Å². The molecular weight excluding hydrogens is 778 g/mol. The number of rotatable bonds is 2. The molecule has 0 radical (unpaired) electrons. The fraction of sp³-hybridized carbons (Fsp3) is 0. The van der Waals surface area contributed by atoms with Gasteiger partial charge in [0.05, 0.1) is 9.79 Å². The van der Waals surface area contributed by atoms with Crippen LogP contribution in [-0.4, -0.2) is 26.8 Å². The Morgan fingerprint density at radius 3 is 1.26 bits per heavy atom. The van der Waals surface area contributed by atoms with E-state index in [1.54, 1.807) is 72.8 Å². The number of hydrogen-bond acceptors (Lipinski definition) is 8. The maximum Gasteiger partial charge on any atom is 2.00 e. The van der Waals surface area contributed by atoms with Gasteiger partial charge in [0, 0.05) is 0 Å². The smallest absolute Gasteiger partial charge is 1.00 e. The van der Waals surface area contributed by atoms with Gasteiger partial charge in [-0.1, -0.05) is 60.7 Å². The summed E-state index contributed by atoms with van der Waals surface area (Å²) in [5.74, 6) is 0.670. The standard InChI is InChI=1S/2C15H9N2O3S.2ClH.2Zn/c2*18-21(19)14-8-4-1-5-10(14)12(17-21)9-15-16-11-6-2-3-7-13(11)20-15;;;;/h2*1-9H;2*1H;;/q2*-1;;;2*+2/p-2/b2*12-9-;;;;. The third-order valence-electron chi connectivity index (χ3n) is 6.46. The number of para-hydroxylation sites is 4. The van der Waals surface area contributed by atoms with Crippen molar-refractivity contribution in [3.63, 3.8) is 0 Å². The van der Waals surface area contributed by atoms with E-state index < -0.39 is 20.0 Å². The van der Waals surface area contributed by atoms with Crippen LogP contribution in [0.4, 0.5) is 0 Å². The first-order valence-electron chi connectivity index (χ1n) is 12.6. The number of halogens is 2. The molecule has 224 valence electrons. The Bertz CT molecular complexity index is 2090. The summed E-state index contributed by atoms with van der Waals surface area (Å²) in [6.45, 7) is 0. The molecule has 2 aromatic heterocycles. The number of sulfonamides is 2. The summed E-state index contributed by atoms with van der Waals surface area (Å²) in [5.41, 5.74) is 4.57. The van der Waals surface area contributed by atoms with E-state index in [0.29, 0.717) is 45.5 Å². The summed E-state index contributed by atoms with van der Waals surface area (Å²) < 4.78 is 66.6. The number of aromatic nitrogens is 2. The predicted octanol–water partition coefficient (Wildman–Crippen LogP) is 0.807. The number of hydrogen-bond donors (Lipinski definition) is 0. The molecule has 0 unspecified atom stereocenters. The normalized spacial score (nSPS) is 16.3. The van der Waals surface area contributed by atoms with Crippen molar-refractivity contribution in [2.24, 2.45) is 0 Å². The van der Waals surface area contributed by atoms with E-state index in [-0.39, 0.29) is 73.6 Å². The van der Waals surface area contributed by atoms with Crippen LogP contribution in [0.5, 0.6) is 0 Å². The molecule has 4 aromatic carbocycles. The SMILES string of the molecule is O=S1(=O)[N-]/C(=C\c2nc3ccccc3o2)c2ccccc21.O=S1(=O)[N-]/C(=C\c2nc3ccccc3o2)c2ccccc21.[Cl-].[Cl-].[Zn+2].[Zn+2]. The maximum absolute atomic E-state index is 12.0. The van der Waals surface area contributed by atoms with Gasteiger partial charge in [-0.05, 0) is 59.7 Å². The first-order chi connectivity index (χ1) is 20.3. The van der Waals surface area contributed by atoms with Crippen molar-refractivity contribution in [2.45, 2.75) is 9.79 Å². The molecule has 0 saturated heterocycles. The maximum atomic E-state index is 12.0. The van der Waals surface area contributed by atoms with E-state index in [9.17, 15) is 16.8 Å². The van der Waals surface area contributed by atoms with Crippen molar-refractivity contribution in [2.75, 3.05) is 0 Å². The zero-order valence-electron chi connectivity index (χ0n) is 23.6. The summed E-state index contributed by atoms with van der Waals surface area (Å²) in [5, 5.41) is 0. The van der Waals surface area contributed by atoms with Crippen LogP contribution >= 0.6 is 0 Å². The van der Waals surface area contributed by atoms with Gasteiger partial charge in [0.25, 0.3) is 0 Å². The number of nitrogens with zero attached hydrogens (tertiary/aromatic N) is 4. The van der Waals surface area contributed by atoms with Crippen molar-refractivity contribution in [1.29, 1.82) is 0 Å². The van der Waals surface area contributed by atoms with Crippen LogP contribution in [0.1, 0.15) is 22.9 Å². The van der Waals surface area contributed by atoms with Gasteiger partial charge >= 0.3 is 39.0 Å². The first-order valence-corrected chi connectivity index (χ1v) is 15.4. The molecule has 6 aromatic rings. The van der Waals surface area contributed by atoms with Crippen molar-refractivity contribution >= 4 is 65.8 Å². The molecule has 2 aliphatic rings. The third-order valence-corrected chi connectivity index (χ3v) is 9.16. The van der Waals surface area contributed by atoms with Gasteiger partial charge in [0.15, 0.2) is 11.2 Å². The number of oxazole rings is 2.